The molecule has 3 unspecified atom stereocenters. The summed E-state index contributed by atoms with van der Waals surface area (Å²) >= 11 is 0. The van der Waals surface area contributed by atoms with Crippen LogP contribution in [0.4, 0.5) is 0 Å². The zero-order valence-electron chi connectivity index (χ0n) is 9.66. The smallest absolute Gasteiger partial charge is 0.0927 e. The summed E-state index contributed by atoms with van der Waals surface area (Å²) in [5, 5.41) is 31.9. The van der Waals surface area contributed by atoms with E-state index < -0.39 is 12.2 Å². The van der Waals surface area contributed by atoms with Crippen molar-refractivity contribution in [3.63, 3.8) is 0 Å². The number of β-amino-alcohol motifs (C(OH)–C–C–N with tert-alkyl or cyclic N) is 1. The molecule has 1 aliphatic heterocycles. The van der Waals surface area contributed by atoms with Gasteiger partial charge in [-0.15, -0.1) is 0 Å². The lowest BCUT2D eigenvalue weighted by atomic mass is 9.84. The van der Waals surface area contributed by atoms with Gasteiger partial charge in [0.1, 0.15) is 0 Å². The first kappa shape index (κ1) is 12.5. The van der Waals surface area contributed by atoms with Crippen molar-refractivity contribution < 1.29 is 15.3 Å². The van der Waals surface area contributed by atoms with Crippen molar-refractivity contribution in [2.24, 2.45) is 5.92 Å². The minimum absolute atomic E-state index is 0.000741. The van der Waals surface area contributed by atoms with Gasteiger partial charge in [-0.05, 0) is 12.0 Å². The summed E-state index contributed by atoms with van der Waals surface area (Å²) in [7, 11) is 0. The molecule has 0 radical (unpaired) electrons. The summed E-state index contributed by atoms with van der Waals surface area (Å²) in [6, 6.07) is 9.94. The summed E-state index contributed by atoms with van der Waals surface area (Å²) in [6.07, 6.45) is -0.898. The molecule has 0 aliphatic carbocycles. The maximum atomic E-state index is 9.84. The van der Waals surface area contributed by atoms with E-state index in [9.17, 15) is 15.3 Å². The van der Waals surface area contributed by atoms with Crippen LogP contribution in [-0.4, -0.2) is 46.7 Å². The molecular weight excluding hydrogens is 218 g/mol. The molecule has 4 atom stereocenters. The highest BCUT2D eigenvalue weighted by atomic mass is 16.3. The molecule has 0 saturated carbocycles. The molecule has 1 heterocycles. The molecule has 1 saturated heterocycles. The van der Waals surface area contributed by atoms with Crippen LogP contribution in [0, 0.1) is 5.92 Å². The average Bonchev–Trinajstić information content (AvgIpc) is 2.36. The third-order valence-corrected chi connectivity index (χ3v) is 3.45. The quantitative estimate of drug-likeness (QED) is 0.573. The Morgan fingerprint density at radius 2 is 1.88 bits per heavy atom. The highest BCUT2D eigenvalue weighted by molar-refractivity contribution is 5.16. The Labute approximate surface area is 101 Å². The lowest BCUT2D eigenvalue weighted by Gasteiger charge is -2.38. The van der Waals surface area contributed by atoms with Crippen molar-refractivity contribution in [3.8, 4) is 0 Å². The van der Waals surface area contributed by atoms with Crippen LogP contribution < -0.4 is 5.32 Å². The predicted octanol–water partition coefficient (Wildman–Crippen LogP) is -0.469. The first-order valence-corrected chi connectivity index (χ1v) is 5.96. The largest absolute Gasteiger partial charge is 0.396 e. The van der Waals surface area contributed by atoms with E-state index in [0.717, 1.165) is 12.0 Å². The topological polar surface area (TPSA) is 72.7 Å². The number of hydrogen-bond acceptors (Lipinski definition) is 4. The van der Waals surface area contributed by atoms with Crippen molar-refractivity contribution in [2.75, 3.05) is 13.2 Å². The summed E-state index contributed by atoms with van der Waals surface area (Å²) in [5.41, 5.74) is 1.16. The SMILES string of the molecule is OCC1C(Cc2ccccc2)NCC(O)[C@@H]1O. The van der Waals surface area contributed by atoms with E-state index in [1.165, 1.54) is 0 Å². The van der Waals surface area contributed by atoms with Crippen molar-refractivity contribution in [2.45, 2.75) is 24.7 Å². The summed E-state index contributed by atoms with van der Waals surface area (Å²) in [4.78, 5) is 0. The van der Waals surface area contributed by atoms with Crippen LogP contribution in [0.15, 0.2) is 30.3 Å². The zero-order valence-corrected chi connectivity index (χ0v) is 9.66. The summed E-state index contributed by atoms with van der Waals surface area (Å²) in [6.45, 7) is 0.248. The van der Waals surface area contributed by atoms with E-state index in [1.54, 1.807) is 0 Å². The third kappa shape index (κ3) is 2.84. The zero-order chi connectivity index (χ0) is 12.3. The number of rotatable bonds is 3. The van der Waals surface area contributed by atoms with E-state index in [4.69, 9.17) is 0 Å². The van der Waals surface area contributed by atoms with Gasteiger partial charge in [-0.25, -0.2) is 0 Å². The molecule has 0 bridgehead atoms. The van der Waals surface area contributed by atoms with Gasteiger partial charge >= 0.3 is 0 Å². The Morgan fingerprint density at radius 1 is 1.18 bits per heavy atom. The molecule has 0 amide bonds. The van der Waals surface area contributed by atoms with Gasteiger partial charge in [-0.3, -0.25) is 0 Å². The minimum atomic E-state index is -0.852. The average molecular weight is 237 g/mol. The Bertz CT molecular complexity index is 344. The summed E-state index contributed by atoms with van der Waals surface area (Å²) in [5.74, 6) is -0.320. The molecule has 0 aromatic heterocycles. The minimum Gasteiger partial charge on any atom is -0.396 e. The fourth-order valence-corrected chi connectivity index (χ4v) is 2.39. The van der Waals surface area contributed by atoms with Crippen LogP contribution in [0.2, 0.25) is 0 Å². The van der Waals surface area contributed by atoms with Crippen LogP contribution in [-0.2, 0) is 6.42 Å². The van der Waals surface area contributed by atoms with Crippen molar-refractivity contribution in [1.29, 1.82) is 0 Å². The molecule has 0 spiro atoms. The van der Waals surface area contributed by atoms with Gasteiger partial charge in [0.05, 0.1) is 12.2 Å². The van der Waals surface area contributed by atoms with Crippen LogP contribution in [0.25, 0.3) is 0 Å². The second kappa shape index (κ2) is 5.60. The van der Waals surface area contributed by atoms with Crippen LogP contribution >= 0.6 is 0 Å². The lowest BCUT2D eigenvalue weighted by Crippen LogP contribution is -2.58. The number of benzene rings is 1. The number of aliphatic hydroxyl groups excluding tert-OH is 3. The Hall–Kier alpha value is -0.940. The van der Waals surface area contributed by atoms with Crippen molar-refractivity contribution in [3.05, 3.63) is 35.9 Å². The molecule has 4 heteroatoms. The highest BCUT2D eigenvalue weighted by Crippen LogP contribution is 2.20. The van der Waals surface area contributed by atoms with Crippen LogP contribution in [0.3, 0.4) is 0 Å². The summed E-state index contributed by atoms with van der Waals surface area (Å²) < 4.78 is 0. The molecule has 1 aromatic carbocycles. The standard InChI is InChI=1S/C13H19NO3/c15-8-10-11(14-7-12(16)13(10)17)6-9-4-2-1-3-5-9/h1-5,10-17H,6-8H2/t10?,11?,12?,13-/m1/s1. The maximum Gasteiger partial charge on any atom is 0.0927 e. The molecule has 4 nitrogen and oxygen atoms in total. The Morgan fingerprint density at radius 3 is 2.53 bits per heavy atom. The Balaban J connectivity index is 2.05. The van der Waals surface area contributed by atoms with Gasteiger partial charge < -0.3 is 20.6 Å². The van der Waals surface area contributed by atoms with E-state index in [1.807, 2.05) is 30.3 Å². The number of hydrogen-bond donors (Lipinski definition) is 4. The molecule has 2 rings (SSSR count). The molecule has 1 fully saturated rings. The number of piperidine rings is 1. The second-order valence-corrected chi connectivity index (χ2v) is 4.61. The number of aliphatic hydroxyl groups is 3. The fraction of sp³-hybridized carbons (Fsp3) is 0.538. The van der Waals surface area contributed by atoms with Gasteiger partial charge in [0.25, 0.3) is 0 Å². The highest BCUT2D eigenvalue weighted by Gasteiger charge is 2.36. The first-order valence-electron chi connectivity index (χ1n) is 5.96. The number of nitrogens with one attached hydrogen (secondary N) is 1. The van der Waals surface area contributed by atoms with E-state index in [2.05, 4.69) is 5.32 Å². The van der Waals surface area contributed by atoms with Gasteiger partial charge in [0.2, 0.25) is 0 Å². The van der Waals surface area contributed by atoms with Gasteiger partial charge in [-0.2, -0.15) is 0 Å². The monoisotopic (exact) mass is 237 g/mol. The predicted molar refractivity (Wildman–Crippen MR) is 64.5 cm³/mol. The van der Waals surface area contributed by atoms with Gasteiger partial charge in [-0.1, -0.05) is 30.3 Å². The first-order chi connectivity index (χ1) is 8.22. The normalized spacial score (nSPS) is 33.6. The van der Waals surface area contributed by atoms with Gasteiger partial charge in [0, 0.05) is 25.1 Å². The fourth-order valence-electron chi connectivity index (χ4n) is 2.39. The van der Waals surface area contributed by atoms with Crippen molar-refractivity contribution in [1.82, 2.24) is 5.32 Å². The molecule has 1 aliphatic rings. The van der Waals surface area contributed by atoms with E-state index in [-0.39, 0.29) is 18.6 Å². The maximum absolute atomic E-state index is 9.84. The van der Waals surface area contributed by atoms with Crippen LogP contribution in [0.1, 0.15) is 5.56 Å². The second-order valence-electron chi connectivity index (χ2n) is 4.61. The third-order valence-electron chi connectivity index (χ3n) is 3.45. The van der Waals surface area contributed by atoms with Crippen LogP contribution in [0.5, 0.6) is 0 Å². The molecule has 4 N–H and O–H groups in total. The van der Waals surface area contributed by atoms with Gasteiger partial charge in [0.15, 0.2) is 0 Å². The Kier molecular flexibility index (Phi) is 4.12. The molecular formula is C13H19NO3. The molecule has 17 heavy (non-hydrogen) atoms. The van der Waals surface area contributed by atoms with E-state index in [0.29, 0.717) is 6.54 Å². The van der Waals surface area contributed by atoms with Crippen molar-refractivity contribution >= 4 is 0 Å². The van der Waals surface area contributed by atoms with E-state index >= 15 is 0 Å². The molecule has 1 aromatic rings. The lowest BCUT2D eigenvalue weighted by molar-refractivity contribution is -0.0664. The molecule has 94 valence electrons.